The molecule has 0 unspecified atom stereocenters. The molecule has 4 nitrogen and oxygen atoms in total. The van der Waals surface area contributed by atoms with Crippen molar-refractivity contribution < 1.29 is 9.47 Å². The van der Waals surface area contributed by atoms with Crippen molar-refractivity contribution in [3.63, 3.8) is 0 Å². The largest absolute Gasteiger partial charge is 0.497 e. The minimum atomic E-state index is 0.399. The number of hydrogen-bond acceptors (Lipinski definition) is 4. The minimum Gasteiger partial charge on any atom is -0.497 e. The highest BCUT2D eigenvalue weighted by atomic mass is 16.5. The van der Waals surface area contributed by atoms with Gasteiger partial charge in [-0.3, -0.25) is 0 Å². The molecule has 0 amide bonds. The van der Waals surface area contributed by atoms with E-state index >= 15 is 0 Å². The third kappa shape index (κ3) is 2.53. The van der Waals surface area contributed by atoms with E-state index in [9.17, 15) is 0 Å². The van der Waals surface area contributed by atoms with E-state index < -0.39 is 0 Å². The van der Waals surface area contributed by atoms with Gasteiger partial charge < -0.3 is 15.2 Å². The number of nitriles is 1. The molecule has 2 rings (SSSR count). The van der Waals surface area contributed by atoms with E-state index in [1.54, 1.807) is 31.4 Å². The fourth-order valence-electron chi connectivity index (χ4n) is 1.50. The van der Waals surface area contributed by atoms with Crippen molar-refractivity contribution in [2.24, 2.45) is 0 Å². The first kappa shape index (κ1) is 11.8. The Labute approximate surface area is 105 Å². The Bertz CT molecular complexity index is 603. The number of methoxy groups -OCH3 is 1. The van der Waals surface area contributed by atoms with Crippen molar-refractivity contribution in [1.82, 2.24) is 0 Å². The van der Waals surface area contributed by atoms with E-state index in [0.29, 0.717) is 28.5 Å². The van der Waals surface area contributed by atoms with Gasteiger partial charge in [-0.2, -0.15) is 5.26 Å². The number of nitrogens with two attached hydrogens (primary N) is 1. The molecule has 2 aromatic rings. The van der Waals surface area contributed by atoms with Crippen LogP contribution in [0.5, 0.6) is 17.2 Å². The van der Waals surface area contributed by atoms with Gasteiger partial charge in [0.15, 0.2) is 0 Å². The van der Waals surface area contributed by atoms with Crippen LogP contribution in [0, 0.1) is 11.3 Å². The first-order valence-electron chi connectivity index (χ1n) is 5.34. The highest BCUT2D eigenvalue weighted by Crippen LogP contribution is 2.27. The Morgan fingerprint density at radius 2 is 1.78 bits per heavy atom. The number of ether oxygens (including phenoxy) is 2. The quantitative estimate of drug-likeness (QED) is 0.837. The van der Waals surface area contributed by atoms with Crippen LogP contribution in [0.2, 0.25) is 0 Å². The Morgan fingerprint density at radius 1 is 1.06 bits per heavy atom. The molecule has 0 aliphatic heterocycles. The van der Waals surface area contributed by atoms with Crippen molar-refractivity contribution in [2.75, 3.05) is 12.8 Å². The lowest BCUT2D eigenvalue weighted by Gasteiger charge is -2.08. The molecule has 90 valence electrons. The van der Waals surface area contributed by atoms with Crippen molar-refractivity contribution in [3.8, 4) is 23.3 Å². The first-order valence-corrected chi connectivity index (χ1v) is 5.34. The van der Waals surface area contributed by atoms with Crippen LogP contribution in [-0.4, -0.2) is 7.11 Å². The molecule has 0 heterocycles. The second-order valence-corrected chi connectivity index (χ2v) is 3.64. The van der Waals surface area contributed by atoms with Gasteiger partial charge in [-0.05, 0) is 24.3 Å². The van der Waals surface area contributed by atoms with Crippen LogP contribution < -0.4 is 15.2 Å². The molecule has 0 saturated carbocycles. The third-order valence-electron chi connectivity index (χ3n) is 2.42. The summed E-state index contributed by atoms with van der Waals surface area (Å²) in [5.74, 6) is 1.92. The zero-order valence-electron chi connectivity index (χ0n) is 9.88. The predicted octanol–water partition coefficient (Wildman–Crippen LogP) is 2.94. The van der Waals surface area contributed by atoms with Crippen LogP contribution in [0.25, 0.3) is 0 Å². The maximum Gasteiger partial charge on any atom is 0.131 e. The zero-order chi connectivity index (χ0) is 13.0. The highest BCUT2D eigenvalue weighted by Gasteiger charge is 2.03. The molecule has 0 aromatic heterocycles. The van der Waals surface area contributed by atoms with Crippen molar-refractivity contribution in [2.45, 2.75) is 0 Å². The molecule has 4 heteroatoms. The second kappa shape index (κ2) is 5.11. The molecule has 0 fully saturated rings. The lowest BCUT2D eigenvalue weighted by Crippen LogP contribution is -1.92. The molecule has 0 aliphatic carbocycles. The van der Waals surface area contributed by atoms with Gasteiger partial charge in [0, 0.05) is 17.8 Å². The number of nitrogens with zero attached hydrogens (tertiary/aromatic N) is 1. The summed E-state index contributed by atoms with van der Waals surface area (Å²) >= 11 is 0. The third-order valence-corrected chi connectivity index (χ3v) is 2.42. The molecule has 0 saturated heterocycles. The number of rotatable bonds is 3. The summed E-state index contributed by atoms with van der Waals surface area (Å²) in [7, 11) is 1.59. The second-order valence-electron chi connectivity index (χ2n) is 3.64. The van der Waals surface area contributed by atoms with E-state index in [4.69, 9.17) is 20.5 Å². The average molecular weight is 240 g/mol. The minimum absolute atomic E-state index is 0.399. The summed E-state index contributed by atoms with van der Waals surface area (Å²) in [6, 6.07) is 14.2. The topological polar surface area (TPSA) is 68.3 Å². The van der Waals surface area contributed by atoms with E-state index in [1.807, 2.05) is 24.3 Å². The van der Waals surface area contributed by atoms with Gasteiger partial charge in [0.25, 0.3) is 0 Å². The fraction of sp³-hybridized carbons (Fsp3) is 0.0714. The maximum atomic E-state index is 8.89. The average Bonchev–Trinajstić information content (AvgIpc) is 2.41. The molecule has 0 radical (unpaired) electrons. The summed E-state index contributed by atoms with van der Waals surface area (Å²) in [4.78, 5) is 0. The molecule has 18 heavy (non-hydrogen) atoms. The maximum absolute atomic E-state index is 8.89. The highest BCUT2D eigenvalue weighted by molar-refractivity contribution is 5.57. The van der Waals surface area contributed by atoms with E-state index in [1.165, 1.54) is 0 Å². The SMILES string of the molecule is COc1cccc(Oc2ccc(N)c(C#N)c2)c1. The monoisotopic (exact) mass is 240 g/mol. The number of anilines is 1. The summed E-state index contributed by atoms with van der Waals surface area (Å²) in [6.07, 6.45) is 0. The van der Waals surface area contributed by atoms with Crippen molar-refractivity contribution in [1.29, 1.82) is 5.26 Å². The van der Waals surface area contributed by atoms with Gasteiger partial charge in [-0.15, -0.1) is 0 Å². The Kier molecular flexibility index (Phi) is 3.35. The molecule has 2 aromatic carbocycles. The van der Waals surface area contributed by atoms with E-state index in [-0.39, 0.29) is 0 Å². The lowest BCUT2D eigenvalue weighted by molar-refractivity contribution is 0.409. The first-order chi connectivity index (χ1) is 8.72. The van der Waals surface area contributed by atoms with Gasteiger partial charge in [0.1, 0.15) is 23.3 Å². The van der Waals surface area contributed by atoms with Crippen LogP contribution in [0.1, 0.15) is 5.56 Å². The number of nitrogen functional groups attached to an aromatic ring is 1. The van der Waals surface area contributed by atoms with Crippen LogP contribution >= 0.6 is 0 Å². The van der Waals surface area contributed by atoms with Gasteiger partial charge in [-0.1, -0.05) is 6.07 Å². The fourth-order valence-corrected chi connectivity index (χ4v) is 1.50. The summed E-state index contributed by atoms with van der Waals surface area (Å²) in [5.41, 5.74) is 6.48. The zero-order valence-corrected chi connectivity index (χ0v) is 9.88. The van der Waals surface area contributed by atoms with Crippen molar-refractivity contribution >= 4 is 5.69 Å². The molecule has 2 N–H and O–H groups in total. The Morgan fingerprint density at radius 3 is 2.50 bits per heavy atom. The normalized spacial score (nSPS) is 9.56. The van der Waals surface area contributed by atoms with Gasteiger partial charge in [0.05, 0.1) is 12.7 Å². The lowest BCUT2D eigenvalue weighted by atomic mass is 10.2. The molecular formula is C14H12N2O2. The predicted molar refractivity (Wildman–Crippen MR) is 68.6 cm³/mol. The number of benzene rings is 2. The molecular weight excluding hydrogens is 228 g/mol. The van der Waals surface area contributed by atoms with Crippen molar-refractivity contribution in [3.05, 3.63) is 48.0 Å². The van der Waals surface area contributed by atoms with E-state index in [2.05, 4.69) is 0 Å². The Hall–Kier alpha value is -2.67. The Balaban J connectivity index is 2.26. The van der Waals surface area contributed by atoms with Crippen LogP contribution in [0.4, 0.5) is 5.69 Å². The number of hydrogen-bond donors (Lipinski definition) is 1. The smallest absolute Gasteiger partial charge is 0.131 e. The van der Waals surface area contributed by atoms with Gasteiger partial charge >= 0.3 is 0 Å². The van der Waals surface area contributed by atoms with Crippen LogP contribution in [-0.2, 0) is 0 Å². The van der Waals surface area contributed by atoms with Gasteiger partial charge in [0.2, 0.25) is 0 Å². The summed E-state index contributed by atoms with van der Waals surface area (Å²) < 4.78 is 10.7. The summed E-state index contributed by atoms with van der Waals surface area (Å²) in [5, 5.41) is 8.89. The molecule has 0 aliphatic rings. The van der Waals surface area contributed by atoms with E-state index in [0.717, 1.165) is 0 Å². The summed E-state index contributed by atoms with van der Waals surface area (Å²) in [6.45, 7) is 0. The van der Waals surface area contributed by atoms with Gasteiger partial charge in [-0.25, -0.2) is 0 Å². The molecule has 0 atom stereocenters. The van der Waals surface area contributed by atoms with Crippen LogP contribution in [0.15, 0.2) is 42.5 Å². The molecule has 0 bridgehead atoms. The standard InChI is InChI=1S/C14H12N2O2/c1-17-11-3-2-4-12(8-11)18-13-5-6-14(16)10(7-13)9-15/h2-8H,16H2,1H3. The molecule has 0 spiro atoms. The van der Waals surface area contributed by atoms with Crippen LogP contribution in [0.3, 0.4) is 0 Å².